The predicted molar refractivity (Wildman–Crippen MR) is 80.0 cm³/mol. The van der Waals surface area contributed by atoms with Crippen molar-refractivity contribution in [3.8, 4) is 5.75 Å². The van der Waals surface area contributed by atoms with Gasteiger partial charge in [0, 0.05) is 26.2 Å². The van der Waals surface area contributed by atoms with Crippen LogP contribution in [0.2, 0.25) is 0 Å². The Labute approximate surface area is 116 Å². The molecule has 0 fully saturated rings. The summed E-state index contributed by atoms with van der Waals surface area (Å²) in [6.07, 6.45) is 0. The van der Waals surface area contributed by atoms with E-state index >= 15 is 0 Å². The summed E-state index contributed by atoms with van der Waals surface area (Å²) in [6, 6.07) is 8.19. The van der Waals surface area contributed by atoms with Crippen molar-refractivity contribution in [3.05, 3.63) is 24.3 Å². The summed E-state index contributed by atoms with van der Waals surface area (Å²) in [5.74, 6) is 0.817. The number of anilines is 1. The number of likely N-dealkylation sites (N-methyl/N-ethyl adjacent to an activating group) is 1. The Morgan fingerprint density at radius 2 is 2.00 bits per heavy atom. The van der Waals surface area contributed by atoms with Crippen molar-refractivity contribution in [1.82, 2.24) is 5.32 Å². The minimum Gasteiger partial charge on any atom is -0.495 e. The monoisotopic (exact) mass is 266 g/mol. The van der Waals surface area contributed by atoms with Gasteiger partial charge in [0.15, 0.2) is 0 Å². The molecule has 4 heteroatoms. The van der Waals surface area contributed by atoms with Crippen LogP contribution in [-0.4, -0.2) is 44.0 Å². The third kappa shape index (κ3) is 5.09. The Bertz CT molecular complexity index is 391. The second-order valence-corrected chi connectivity index (χ2v) is 5.56. The summed E-state index contributed by atoms with van der Waals surface area (Å²) in [6.45, 7) is 7.07. The fourth-order valence-electron chi connectivity index (χ4n) is 2.02. The maximum atomic E-state index is 10.4. The van der Waals surface area contributed by atoms with Crippen LogP contribution in [0.4, 0.5) is 5.69 Å². The summed E-state index contributed by atoms with van der Waals surface area (Å²) < 4.78 is 5.34. The molecule has 1 rings (SSSR count). The van der Waals surface area contributed by atoms with Crippen LogP contribution in [0.3, 0.4) is 0 Å². The van der Waals surface area contributed by atoms with Gasteiger partial charge in [0.2, 0.25) is 0 Å². The van der Waals surface area contributed by atoms with Gasteiger partial charge < -0.3 is 20.1 Å². The first-order valence-electron chi connectivity index (χ1n) is 6.65. The Morgan fingerprint density at radius 3 is 2.58 bits per heavy atom. The van der Waals surface area contributed by atoms with Crippen LogP contribution in [0.25, 0.3) is 0 Å². The molecule has 0 spiro atoms. The lowest BCUT2D eigenvalue weighted by molar-refractivity contribution is 0.0655. The van der Waals surface area contributed by atoms with Crippen LogP contribution >= 0.6 is 0 Å². The second-order valence-electron chi connectivity index (χ2n) is 5.56. The molecule has 0 aliphatic carbocycles. The van der Waals surface area contributed by atoms with E-state index in [2.05, 4.69) is 19.2 Å². The Kier molecular flexibility index (Phi) is 5.63. The molecule has 0 aliphatic rings. The van der Waals surface area contributed by atoms with Crippen LogP contribution < -0.4 is 15.0 Å². The van der Waals surface area contributed by atoms with Gasteiger partial charge in [-0.1, -0.05) is 26.0 Å². The van der Waals surface area contributed by atoms with E-state index in [0.717, 1.165) is 11.4 Å². The highest BCUT2D eigenvalue weighted by molar-refractivity contribution is 5.58. The number of hydrogen-bond donors (Lipinski definition) is 2. The number of nitrogens with one attached hydrogen (secondary N) is 1. The Morgan fingerprint density at radius 1 is 1.37 bits per heavy atom. The van der Waals surface area contributed by atoms with Gasteiger partial charge in [-0.05, 0) is 19.1 Å². The summed E-state index contributed by atoms with van der Waals surface area (Å²) in [5, 5.41) is 13.7. The van der Waals surface area contributed by atoms with Gasteiger partial charge >= 0.3 is 0 Å². The van der Waals surface area contributed by atoms with E-state index in [0.29, 0.717) is 19.1 Å². The molecule has 0 aliphatic heterocycles. The van der Waals surface area contributed by atoms with Crippen molar-refractivity contribution < 1.29 is 9.84 Å². The number of hydrogen-bond acceptors (Lipinski definition) is 4. The van der Waals surface area contributed by atoms with Gasteiger partial charge in [-0.2, -0.15) is 0 Å². The van der Waals surface area contributed by atoms with Gasteiger partial charge in [0.05, 0.1) is 18.4 Å². The predicted octanol–water partition coefficient (Wildman–Crippen LogP) is 1.88. The zero-order valence-electron chi connectivity index (χ0n) is 12.6. The van der Waals surface area contributed by atoms with Gasteiger partial charge in [-0.25, -0.2) is 0 Å². The summed E-state index contributed by atoms with van der Waals surface area (Å²) in [4.78, 5) is 2.01. The smallest absolute Gasteiger partial charge is 0.142 e. The van der Waals surface area contributed by atoms with Gasteiger partial charge in [0.25, 0.3) is 0 Å². The fraction of sp³-hybridized carbons (Fsp3) is 0.600. The fourth-order valence-corrected chi connectivity index (χ4v) is 2.02. The molecular formula is C15H26N2O2. The van der Waals surface area contributed by atoms with E-state index in [1.807, 2.05) is 43.1 Å². The van der Waals surface area contributed by atoms with Crippen LogP contribution in [0.5, 0.6) is 5.75 Å². The lowest BCUT2D eigenvalue weighted by Crippen LogP contribution is -2.48. The molecule has 0 radical (unpaired) electrons. The van der Waals surface area contributed by atoms with Crippen LogP contribution in [0, 0.1) is 0 Å². The Hall–Kier alpha value is -1.26. The van der Waals surface area contributed by atoms with Crippen molar-refractivity contribution in [2.75, 3.05) is 32.1 Å². The van der Waals surface area contributed by atoms with E-state index in [1.54, 1.807) is 7.11 Å². The SMILES string of the molecule is COc1ccccc1N(C)CC(C)(O)CNC(C)C. The first-order chi connectivity index (χ1) is 8.85. The summed E-state index contributed by atoms with van der Waals surface area (Å²) >= 11 is 0. The first kappa shape index (κ1) is 15.8. The molecule has 108 valence electrons. The van der Waals surface area contributed by atoms with Gasteiger partial charge in [0.1, 0.15) is 5.75 Å². The van der Waals surface area contributed by atoms with Crippen molar-refractivity contribution >= 4 is 5.69 Å². The summed E-state index contributed by atoms with van der Waals surface area (Å²) in [5.41, 5.74) is 0.190. The van der Waals surface area contributed by atoms with E-state index in [4.69, 9.17) is 4.74 Å². The van der Waals surface area contributed by atoms with Crippen LogP contribution in [-0.2, 0) is 0 Å². The average Bonchev–Trinajstić information content (AvgIpc) is 2.36. The van der Waals surface area contributed by atoms with Crippen molar-refractivity contribution in [1.29, 1.82) is 0 Å². The molecule has 0 aromatic heterocycles. The average molecular weight is 266 g/mol. The highest BCUT2D eigenvalue weighted by Crippen LogP contribution is 2.27. The molecule has 0 heterocycles. The second kappa shape index (κ2) is 6.78. The van der Waals surface area contributed by atoms with Gasteiger partial charge in [-0.3, -0.25) is 0 Å². The number of nitrogens with zero attached hydrogens (tertiary/aromatic N) is 1. The molecule has 0 bridgehead atoms. The molecule has 0 amide bonds. The molecule has 2 N–H and O–H groups in total. The standard InChI is InChI=1S/C15H26N2O2/c1-12(2)16-10-15(3,18)11-17(4)13-8-6-7-9-14(13)19-5/h6-9,12,16,18H,10-11H2,1-5H3. The molecular weight excluding hydrogens is 240 g/mol. The molecule has 4 nitrogen and oxygen atoms in total. The van der Waals surface area contributed by atoms with Crippen molar-refractivity contribution in [2.45, 2.75) is 32.4 Å². The molecule has 0 saturated carbocycles. The van der Waals surface area contributed by atoms with E-state index in [9.17, 15) is 5.11 Å². The number of para-hydroxylation sites is 2. The number of ether oxygens (including phenoxy) is 1. The topological polar surface area (TPSA) is 44.7 Å². The number of benzene rings is 1. The molecule has 0 saturated heterocycles. The number of aliphatic hydroxyl groups is 1. The van der Waals surface area contributed by atoms with Crippen molar-refractivity contribution in [2.24, 2.45) is 0 Å². The molecule has 1 unspecified atom stereocenters. The van der Waals surface area contributed by atoms with Crippen LogP contribution in [0.15, 0.2) is 24.3 Å². The summed E-state index contributed by atoms with van der Waals surface area (Å²) in [7, 11) is 3.62. The van der Waals surface area contributed by atoms with E-state index < -0.39 is 5.60 Å². The molecule has 1 atom stereocenters. The maximum absolute atomic E-state index is 10.4. The largest absolute Gasteiger partial charge is 0.495 e. The minimum atomic E-state index is -0.792. The zero-order valence-corrected chi connectivity index (χ0v) is 12.6. The molecule has 1 aromatic carbocycles. The van der Waals surface area contributed by atoms with Gasteiger partial charge in [-0.15, -0.1) is 0 Å². The highest BCUT2D eigenvalue weighted by atomic mass is 16.5. The van der Waals surface area contributed by atoms with Crippen LogP contribution in [0.1, 0.15) is 20.8 Å². The normalized spacial score (nSPS) is 14.3. The zero-order chi connectivity index (χ0) is 14.5. The quantitative estimate of drug-likeness (QED) is 0.791. The van der Waals surface area contributed by atoms with E-state index in [-0.39, 0.29) is 0 Å². The first-order valence-corrected chi connectivity index (χ1v) is 6.65. The number of rotatable bonds is 7. The lowest BCUT2D eigenvalue weighted by atomic mass is 10.1. The lowest BCUT2D eigenvalue weighted by Gasteiger charge is -2.32. The highest BCUT2D eigenvalue weighted by Gasteiger charge is 2.23. The maximum Gasteiger partial charge on any atom is 0.142 e. The number of methoxy groups -OCH3 is 1. The third-order valence-corrected chi connectivity index (χ3v) is 2.97. The molecule has 19 heavy (non-hydrogen) atoms. The Balaban J connectivity index is 2.70. The van der Waals surface area contributed by atoms with Crippen molar-refractivity contribution in [3.63, 3.8) is 0 Å². The third-order valence-electron chi connectivity index (χ3n) is 2.97. The van der Waals surface area contributed by atoms with E-state index in [1.165, 1.54) is 0 Å². The minimum absolute atomic E-state index is 0.364. The molecule has 1 aromatic rings.